The summed E-state index contributed by atoms with van der Waals surface area (Å²) in [5.41, 5.74) is 1.81. The number of carbonyl (C=O) groups is 1. The normalized spacial score (nSPS) is 15.0. The first-order chi connectivity index (χ1) is 14.1. The summed E-state index contributed by atoms with van der Waals surface area (Å²) < 4.78 is 20.8. The summed E-state index contributed by atoms with van der Waals surface area (Å²) in [7, 11) is 0. The Morgan fingerprint density at radius 2 is 2.00 bits per heavy atom. The van der Waals surface area contributed by atoms with Crippen LogP contribution in [0.2, 0.25) is 0 Å². The average Bonchev–Trinajstić information content (AvgIpc) is 2.86. The second kappa shape index (κ2) is 8.00. The summed E-state index contributed by atoms with van der Waals surface area (Å²) in [5.74, 6) is 0.0181. The van der Waals surface area contributed by atoms with Crippen LogP contribution in [0.4, 0.5) is 10.1 Å². The number of thioether (sulfide) groups is 1. The van der Waals surface area contributed by atoms with E-state index in [0.29, 0.717) is 27.9 Å². The molecule has 1 atom stereocenters. The number of nitrogens with zero attached hydrogens (tertiary/aromatic N) is 4. The highest BCUT2D eigenvalue weighted by atomic mass is 32.2. The second-order valence-electron chi connectivity index (χ2n) is 6.25. The average molecular weight is 408 g/mol. The Labute approximate surface area is 171 Å². The van der Waals surface area contributed by atoms with E-state index >= 15 is 0 Å². The Morgan fingerprint density at radius 3 is 2.76 bits per heavy atom. The number of benzene rings is 2. The number of halogens is 1. The fraction of sp³-hybridized carbons (Fsp3) is 0.143. The first-order valence-corrected chi connectivity index (χ1v) is 9.87. The monoisotopic (exact) mass is 408 g/mol. The van der Waals surface area contributed by atoms with Crippen molar-refractivity contribution in [2.45, 2.75) is 18.3 Å². The van der Waals surface area contributed by atoms with Crippen molar-refractivity contribution in [3.63, 3.8) is 0 Å². The van der Waals surface area contributed by atoms with E-state index in [1.54, 1.807) is 36.4 Å². The van der Waals surface area contributed by atoms with Crippen molar-refractivity contribution < 1.29 is 13.9 Å². The van der Waals surface area contributed by atoms with Gasteiger partial charge in [0, 0.05) is 23.8 Å². The van der Waals surface area contributed by atoms with Crippen LogP contribution in [0.1, 0.15) is 18.7 Å². The molecule has 0 saturated carbocycles. The summed E-state index contributed by atoms with van der Waals surface area (Å²) in [4.78, 5) is 18.5. The number of amides is 1. The van der Waals surface area contributed by atoms with Gasteiger partial charge in [-0.3, -0.25) is 9.69 Å². The van der Waals surface area contributed by atoms with Gasteiger partial charge < -0.3 is 4.74 Å². The summed E-state index contributed by atoms with van der Waals surface area (Å²) in [6, 6.07) is 13.4. The molecule has 146 valence electrons. The highest BCUT2D eigenvalue weighted by Crippen LogP contribution is 2.43. The molecule has 2 aromatic carbocycles. The molecule has 0 fully saturated rings. The van der Waals surface area contributed by atoms with E-state index in [-0.39, 0.29) is 17.4 Å². The molecule has 0 radical (unpaired) electrons. The van der Waals surface area contributed by atoms with Crippen molar-refractivity contribution in [2.24, 2.45) is 0 Å². The van der Waals surface area contributed by atoms with E-state index in [4.69, 9.17) is 4.74 Å². The Kier molecular flexibility index (Phi) is 5.26. The number of para-hydroxylation sites is 1. The molecule has 1 amide bonds. The Hall–Kier alpha value is -3.26. The van der Waals surface area contributed by atoms with Gasteiger partial charge in [0.2, 0.25) is 23.2 Å². The first kappa shape index (κ1) is 19.1. The van der Waals surface area contributed by atoms with Crippen LogP contribution in [-0.4, -0.2) is 26.8 Å². The van der Waals surface area contributed by atoms with Crippen molar-refractivity contribution in [3.05, 3.63) is 72.6 Å². The minimum absolute atomic E-state index is 0.191. The summed E-state index contributed by atoms with van der Waals surface area (Å²) in [5, 5.41) is 8.85. The Bertz CT molecular complexity index is 1090. The molecule has 1 aliphatic rings. The molecule has 6 nitrogen and oxygen atoms in total. The topological polar surface area (TPSA) is 68.2 Å². The Balaban J connectivity index is 1.93. The molecule has 4 rings (SSSR count). The van der Waals surface area contributed by atoms with E-state index in [1.165, 1.54) is 29.7 Å². The molecule has 0 bridgehead atoms. The van der Waals surface area contributed by atoms with E-state index in [2.05, 4.69) is 21.8 Å². The number of rotatable bonds is 4. The molecule has 8 heteroatoms. The highest BCUT2D eigenvalue weighted by Gasteiger charge is 2.35. The summed E-state index contributed by atoms with van der Waals surface area (Å²) >= 11 is 1.35. The van der Waals surface area contributed by atoms with Gasteiger partial charge in [-0.05, 0) is 12.1 Å². The van der Waals surface area contributed by atoms with Crippen molar-refractivity contribution in [3.8, 4) is 17.1 Å². The van der Waals surface area contributed by atoms with Crippen LogP contribution in [0, 0.1) is 5.82 Å². The van der Waals surface area contributed by atoms with Gasteiger partial charge in [0.05, 0.1) is 5.69 Å². The van der Waals surface area contributed by atoms with Crippen molar-refractivity contribution >= 4 is 23.4 Å². The number of ether oxygens (including phenoxy) is 1. The number of aromatic nitrogens is 3. The molecule has 29 heavy (non-hydrogen) atoms. The maximum atomic E-state index is 14.7. The van der Waals surface area contributed by atoms with Crippen LogP contribution in [0.5, 0.6) is 5.88 Å². The van der Waals surface area contributed by atoms with Crippen LogP contribution in [0.15, 0.2) is 66.3 Å². The van der Waals surface area contributed by atoms with Gasteiger partial charge in [0.15, 0.2) is 5.69 Å². The van der Waals surface area contributed by atoms with Gasteiger partial charge in [-0.2, -0.15) is 4.98 Å². The molecular formula is C21H17FN4O2S. The number of anilines is 1. The zero-order chi connectivity index (χ0) is 20.4. The van der Waals surface area contributed by atoms with Gasteiger partial charge >= 0.3 is 0 Å². The van der Waals surface area contributed by atoms with E-state index in [0.717, 1.165) is 0 Å². The van der Waals surface area contributed by atoms with Gasteiger partial charge in [-0.25, -0.2) is 4.39 Å². The third kappa shape index (κ3) is 3.58. The summed E-state index contributed by atoms with van der Waals surface area (Å²) in [6.07, 6.45) is 0.695. The van der Waals surface area contributed by atoms with Gasteiger partial charge in [-0.1, -0.05) is 54.2 Å². The third-order valence-corrected chi connectivity index (χ3v) is 5.19. The predicted molar refractivity (Wildman–Crippen MR) is 109 cm³/mol. The SMILES string of the molecule is C=CCSc1nnc2c(n1)O[C@H](c1ccccc1F)N(C(C)=O)c1ccccc1-2. The smallest absolute Gasteiger partial charge is 0.247 e. The quantitative estimate of drug-likeness (QED) is 0.471. The van der Waals surface area contributed by atoms with E-state index < -0.39 is 12.0 Å². The minimum Gasteiger partial charge on any atom is -0.447 e. The Morgan fingerprint density at radius 1 is 1.24 bits per heavy atom. The van der Waals surface area contributed by atoms with Crippen LogP contribution in [0.25, 0.3) is 11.3 Å². The molecular weight excluding hydrogens is 391 g/mol. The lowest BCUT2D eigenvalue weighted by atomic mass is 10.1. The fourth-order valence-electron chi connectivity index (χ4n) is 3.12. The predicted octanol–water partition coefficient (Wildman–Crippen LogP) is 4.40. The maximum Gasteiger partial charge on any atom is 0.247 e. The number of hydrogen-bond acceptors (Lipinski definition) is 6. The molecule has 0 saturated heterocycles. The molecule has 0 spiro atoms. The van der Waals surface area contributed by atoms with E-state index in [1.807, 2.05) is 12.1 Å². The summed E-state index contributed by atoms with van der Waals surface area (Å²) in [6.45, 7) is 5.10. The lowest BCUT2D eigenvalue weighted by molar-refractivity contribution is -0.118. The number of hydrogen-bond donors (Lipinski definition) is 0. The van der Waals surface area contributed by atoms with Crippen molar-refractivity contribution in [1.82, 2.24) is 15.2 Å². The molecule has 1 aromatic heterocycles. The largest absolute Gasteiger partial charge is 0.447 e. The molecule has 3 aromatic rings. The highest BCUT2D eigenvalue weighted by molar-refractivity contribution is 7.99. The first-order valence-electron chi connectivity index (χ1n) is 8.89. The van der Waals surface area contributed by atoms with Gasteiger partial charge in [0.25, 0.3) is 0 Å². The van der Waals surface area contributed by atoms with Crippen LogP contribution in [-0.2, 0) is 4.79 Å². The van der Waals surface area contributed by atoms with Crippen LogP contribution < -0.4 is 9.64 Å². The zero-order valence-electron chi connectivity index (χ0n) is 15.6. The van der Waals surface area contributed by atoms with Crippen molar-refractivity contribution in [2.75, 3.05) is 10.7 Å². The second-order valence-corrected chi connectivity index (χ2v) is 7.23. The molecule has 1 aliphatic heterocycles. The van der Waals surface area contributed by atoms with Gasteiger partial charge in [-0.15, -0.1) is 16.8 Å². The fourth-order valence-corrected chi connectivity index (χ4v) is 3.64. The molecule has 0 unspecified atom stereocenters. The lowest BCUT2D eigenvalue weighted by Crippen LogP contribution is -2.36. The van der Waals surface area contributed by atoms with Crippen LogP contribution >= 0.6 is 11.8 Å². The molecule has 0 aliphatic carbocycles. The standard InChI is InChI=1S/C21H17FN4O2S/c1-3-12-29-21-23-19-18(24-25-21)15-9-5-7-11-17(15)26(13(2)27)20(28-19)14-8-4-6-10-16(14)22/h3-11,20H,1,12H2,2H3/t20-/m1/s1. The van der Waals surface area contributed by atoms with E-state index in [9.17, 15) is 9.18 Å². The minimum atomic E-state index is -1.04. The molecule has 0 N–H and O–H groups in total. The zero-order valence-corrected chi connectivity index (χ0v) is 16.4. The van der Waals surface area contributed by atoms with Crippen LogP contribution in [0.3, 0.4) is 0 Å². The number of fused-ring (bicyclic) bond motifs is 3. The maximum absolute atomic E-state index is 14.7. The number of carbonyl (C=O) groups excluding carboxylic acids is 1. The molecule has 2 heterocycles. The van der Waals surface area contributed by atoms with Gasteiger partial charge in [0.1, 0.15) is 5.82 Å². The third-order valence-electron chi connectivity index (χ3n) is 4.35. The lowest BCUT2D eigenvalue weighted by Gasteiger charge is -2.30. The van der Waals surface area contributed by atoms with Crippen molar-refractivity contribution in [1.29, 1.82) is 0 Å².